The van der Waals surface area contributed by atoms with Gasteiger partial charge >= 0.3 is 0 Å². The van der Waals surface area contributed by atoms with E-state index in [2.05, 4.69) is 29.2 Å². The number of hydrogen-bond acceptors (Lipinski definition) is 3. The summed E-state index contributed by atoms with van der Waals surface area (Å²) in [6.07, 6.45) is 1.68. The van der Waals surface area contributed by atoms with Crippen molar-refractivity contribution in [3.63, 3.8) is 0 Å². The maximum atomic E-state index is 9.74. The van der Waals surface area contributed by atoms with Gasteiger partial charge in [-0.2, -0.15) is 0 Å². The van der Waals surface area contributed by atoms with Crippen molar-refractivity contribution >= 4 is 9.52 Å². The van der Waals surface area contributed by atoms with Crippen LogP contribution in [0, 0.1) is 0 Å². The summed E-state index contributed by atoms with van der Waals surface area (Å²) in [5, 5.41) is 9.74. The van der Waals surface area contributed by atoms with Gasteiger partial charge in [-0.3, -0.25) is 4.90 Å². The van der Waals surface area contributed by atoms with E-state index in [-0.39, 0.29) is 5.73 Å². The molecule has 0 aliphatic carbocycles. The zero-order valence-corrected chi connectivity index (χ0v) is 10.4. The van der Waals surface area contributed by atoms with Gasteiger partial charge in [-0.1, -0.05) is 24.3 Å². The van der Waals surface area contributed by atoms with Crippen LogP contribution in [0.5, 0.6) is 0 Å². The smallest absolute Gasteiger partial charge is 0.0963 e. The lowest BCUT2D eigenvalue weighted by molar-refractivity contribution is 0.156. The average molecular weight is 234 g/mol. The number of rotatable bonds is 4. The van der Waals surface area contributed by atoms with Crippen molar-refractivity contribution in [2.24, 2.45) is 5.73 Å². The number of aliphatic hydroxyl groups excluding tert-OH is 1. The molecule has 1 aliphatic heterocycles. The minimum atomic E-state index is -0.254. The highest BCUT2D eigenvalue weighted by Gasteiger charge is 2.17. The van der Waals surface area contributed by atoms with Crippen LogP contribution in [-0.4, -0.2) is 44.5 Å². The molecule has 0 bridgehead atoms. The first-order valence-corrected chi connectivity index (χ1v) is 6.98. The summed E-state index contributed by atoms with van der Waals surface area (Å²) in [5.74, 6) is 0. The molecule has 3 N–H and O–H groups in total. The number of fused-ring (bicyclic) bond motifs is 1. The highest BCUT2D eigenvalue weighted by Crippen LogP contribution is 2.18. The predicted molar refractivity (Wildman–Crippen MR) is 66.2 cm³/mol. The predicted octanol–water partition coefficient (Wildman–Crippen LogP) is -0.0165. The van der Waals surface area contributed by atoms with Crippen LogP contribution in [0.4, 0.5) is 0 Å². The van der Waals surface area contributed by atoms with Crippen LogP contribution in [0.25, 0.3) is 0 Å². The third kappa shape index (κ3) is 2.92. The van der Waals surface area contributed by atoms with Gasteiger partial charge in [-0.05, 0) is 23.7 Å². The number of aliphatic hydroxyl groups is 1. The molecule has 2 rings (SSSR count). The number of nitrogens with zero attached hydrogens (tertiary/aromatic N) is 1. The van der Waals surface area contributed by atoms with Crippen LogP contribution in [-0.2, 0) is 13.0 Å². The van der Waals surface area contributed by atoms with Gasteiger partial charge in [-0.15, -0.1) is 0 Å². The van der Waals surface area contributed by atoms with E-state index >= 15 is 0 Å². The summed E-state index contributed by atoms with van der Waals surface area (Å²) < 4.78 is 0. The molecule has 1 heterocycles. The zero-order valence-electron chi connectivity index (χ0n) is 9.39. The molecule has 3 nitrogen and oxygen atoms in total. The first-order valence-electron chi connectivity index (χ1n) is 5.70. The highest BCUT2D eigenvalue weighted by molar-refractivity contribution is 6.37. The first kappa shape index (κ1) is 11.8. The van der Waals surface area contributed by atoms with E-state index in [0.717, 1.165) is 26.1 Å². The van der Waals surface area contributed by atoms with Crippen molar-refractivity contribution in [2.75, 3.05) is 19.3 Å². The second-order valence-corrected chi connectivity index (χ2v) is 5.66. The molecule has 4 heteroatoms. The topological polar surface area (TPSA) is 49.5 Å². The molecule has 0 saturated carbocycles. The van der Waals surface area contributed by atoms with Crippen LogP contribution in [0.3, 0.4) is 0 Å². The molecular formula is C12H18N2OSi. The Kier molecular flexibility index (Phi) is 4.12. The molecule has 16 heavy (non-hydrogen) atoms. The molecule has 1 atom stereocenters. The van der Waals surface area contributed by atoms with Gasteiger partial charge in [0.05, 0.1) is 15.2 Å². The van der Waals surface area contributed by atoms with Crippen LogP contribution in [0.1, 0.15) is 11.1 Å². The normalized spacial score (nSPS) is 18.1. The minimum absolute atomic E-state index is 0.254. The molecule has 0 amide bonds. The molecule has 1 aromatic carbocycles. The Labute approximate surface area is 99.1 Å². The van der Waals surface area contributed by atoms with Crippen molar-refractivity contribution in [1.29, 1.82) is 0 Å². The van der Waals surface area contributed by atoms with E-state index in [0.29, 0.717) is 15.7 Å². The van der Waals surface area contributed by atoms with Gasteiger partial charge in [0.1, 0.15) is 0 Å². The van der Waals surface area contributed by atoms with Crippen molar-refractivity contribution in [3.05, 3.63) is 35.4 Å². The molecule has 86 valence electrons. The van der Waals surface area contributed by atoms with Crippen molar-refractivity contribution in [2.45, 2.75) is 18.7 Å². The average Bonchev–Trinajstić information content (AvgIpc) is 2.29. The van der Waals surface area contributed by atoms with Gasteiger partial charge in [0, 0.05) is 19.6 Å². The molecule has 2 radical (unpaired) electrons. The fraction of sp³-hybridized carbons (Fsp3) is 0.500. The lowest BCUT2D eigenvalue weighted by Crippen LogP contribution is -2.40. The van der Waals surface area contributed by atoms with E-state index in [9.17, 15) is 5.11 Å². The maximum Gasteiger partial charge on any atom is 0.0963 e. The molecule has 1 aliphatic rings. The van der Waals surface area contributed by atoms with Crippen molar-refractivity contribution in [1.82, 2.24) is 4.90 Å². The SMILES string of the molecule is NC[Si][C@H](O)CN1CCc2ccccc2C1. The second-order valence-electron chi connectivity index (χ2n) is 4.18. The number of benzene rings is 1. The summed E-state index contributed by atoms with van der Waals surface area (Å²) in [6, 6.07) is 8.56. The van der Waals surface area contributed by atoms with Crippen molar-refractivity contribution in [3.8, 4) is 0 Å². The van der Waals surface area contributed by atoms with E-state index < -0.39 is 0 Å². The maximum absolute atomic E-state index is 9.74. The van der Waals surface area contributed by atoms with Gasteiger partial charge in [-0.25, -0.2) is 0 Å². The molecule has 0 fully saturated rings. The fourth-order valence-electron chi connectivity index (χ4n) is 2.16. The molecule has 0 unspecified atom stereocenters. The number of β-amino-alcohol motifs (C(OH)–C–C–N with tert-alkyl or cyclic N) is 1. The summed E-state index contributed by atoms with van der Waals surface area (Å²) in [4.78, 5) is 2.32. The van der Waals surface area contributed by atoms with Gasteiger partial charge in [0.25, 0.3) is 0 Å². The summed E-state index contributed by atoms with van der Waals surface area (Å²) >= 11 is 0. The van der Waals surface area contributed by atoms with Gasteiger partial charge < -0.3 is 10.8 Å². The Balaban J connectivity index is 1.92. The fourth-order valence-corrected chi connectivity index (χ4v) is 2.81. The summed E-state index contributed by atoms with van der Waals surface area (Å²) in [5.41, 5.74) is 8.04. The Hall–Kier alpha value is -0.683. The quantitative estimate of drug-likeness (QED) is 0.720. The molecule has 0 aromatic heterocycles. The Morgan fingerprint density at radius 1 is 1.38 bits per heavy atom. The van der Waals surface area contributed by atoms with Crippen LogP contribution in [0.15, 0.2) is 24.3 Å². The monoisotopic (exact) mass is 234 g/mol. The van der Waals surface area contributed by atoms with Crippen LogP contribution >= 0.6 is 0 Å². The molecular weight excluding hydrogens is 216 g/mol. The first-order chi connectivity index (χ1) is 7.79. The Morgan fingerprint density at radius 3 is 2.88 bits per heavy atom. The summed E-state index contributed by atoms with van der Waals surface area (Å²) in [7, 11) is 0.458. The molecule has 0 saturated heterocycles. The highest BCUT2D eigenvalue weighted by atomic mass is 28.2. The lowest BCUT2D eigenvalue weighted by Gasteiger charge is -2.30. The van der Waals surface area contributed by atoms with Gasteiger partial charge in [0.15, 0.2) is 0 Å². The Bertz CT molecular complexity index is 346. The van der Waals surface area contributed by atoms with Gasteiger partial charge in [0.2, 0.25) is 0 Å². The second kappa shape index (κ2) is 5.59. The minimum Gasteiger partial charge on any atom is -0.396 e. The van der Waals surface area contributed by atoms with Crippen molar-refractivity contribution < 1.29 is 5.11 Å². The van der Waals surface area contributed by atoms with E-state index in [4.69, 9.17) is 5.73 Å². The van der Waals surface area contributed by atoms with E-state index in [1.54, 1.807) is 0 Å². The number of nitrogens with two attached hydrogens (primary N) is 1. The standard InChI is InChI=1S/C12H18N2OSi/c13-9-16-12(15)8-14-6-5-10-3-1-2-4-11(10)7-14/h1-4,12,15H,5-9,13H2/t12-/m0/s1. The van der Waals surface area contributed by atoms with Crippen LogP contribution < -0.4 is 5.73 Å². The third-order valence-electron chi connectivity index (χ3n) is 2.99. The van der Waals surface area contributed by atoms with Crippen LogP contribution in [0.2, 0.25) is 0 Å². The molecule has 1 aromatic rings. The third-order valence-corrected chi connectivity index (χ3v) is 3.88. The largest absolute Gasteiger partial charge is 0.396 e. The Morgan fingerprint density at radius 2 is 2.12 bits per heavy atom. The zero-order chi connectivity index (χ0) is 11.4. The summed E-state index contributed by atoms with van der Waals surface area (Å²) in [6.45, 7) is 2.76. The van der Waals surface area contributed by atoms with E-state index in [1.165, 1.54) is 11.1 Å². The van der Waals surface area contributed by atoms with E-state index in [1.807, 2.05) is 0 Å². The number of hydrogen-bond donors (Lipinski definition) is 2. The lowest BCUT2D eigenvalue weighted by atomic mass is 10.0. The molecule has 0 spiro atoms.